The molecule has 0 saturated heterocycles. The van der Waals surface area contributed by atoms with Crippen molar-refractivity contribution in [2.75, 3.05) is 14.1 Å². The summed E-state index contributed by atoms with van der Waals surface area (Å²) in [4.78, 5) is 24.8. The van der Waals surface area contributed by atoms with Gasteiger partial charge in [0.25, 0.3) is 0 Å². The maximum absolute atomic E-state index is 12.1. The lowest BCUT2D eigenvalue weighted by molar-refractivity contribution is -0.135. The van der Waals surface area contributed by atoms with Crippen LogP contribution < -0.4 is 0 Å². The molecule has 7 nitrogen and oxygen atoms in total. The minimum atomic E-state index is -1.19. The van der Waals surface area contributed by atoms with E-state index in [4.69, 9.17) is 5.11 Å². The van der Waals surface area contributed by atoms with Crippen molar-refractivity contribution in [3.8, 4) is 0 Å². The van der Waals surface area contributed by atoms with E-state index in [1.807, 2.05) is 0 Å². The zero-order valence-corrected chi connectivity index (χ0v) is 11.1. The maximum atomic E-state index is 12.1. The van der Waals surface area contributed by atoms with Gasteiger partial charge in [-0.2, -0.15) is 0 Å². The van der Waals surface area contributed by atoms with Crippen molar-refractivity contribution in [3.05, 3.63) is 23.7 Å². The van der Waals surface area contributed by atoms with Crippen LogP contribution in [0.25, 0.3) is 0 Å². The molecule has 2 unspecified atom stereocenters. The van der Waals surface area contributed by atoms with Crippen LogP contribution in [-0.2, 0) is 16.6 Å². The summed E-state index contributed by atoms with van der Waals surface area (Å²) in [5.74, 6) is -1.83. The summed E-state index contributed by atoms with van der Waals surface area (Å²) in [5.41, 5.74) is 0.567. The number of carbonyl (C=O) groups excluding carboxylic acids is 1. The second kappa shape index (κ2) is 4.83. The predicted molar refractivity (Wildman–Crippen MR) is 66.3 cm³/mol. The number of carboxylic acid groups (broad SMARTS) is 1. The fourth-order valence-electron chi connectivity index (χ4n) is 2.03. The van der Waals surface area contributed by atoms with Crippen LogP contribution in [0.15, 0.2) is 18.0 Å². The third-order valence-corrected chi connectivity index (χ3v) is 3.01. The van der Waals surface area contributed by atoms with Gasteiger partial charge < -0.3 is 10.0 Å². The highest BCUT2D eigenvalue weighted by Crippen LogP contribution is 2.48. The Morgan fingerprint density at radius 2 is 2.21 bits per heavy atom. The molecular weight excluding hydrogens is 248 g/mol. The molecule has 0 aromatic carbocycles. The zero-order valence-electron chi connectivity index (χ0n) is 11.1. The third kappa shape index (κ3) is 2.81. The van der Waals surface area contributed by atoms with E-state index in [1.54, 1.807) is 36.9 Å². The normalized spacial score (nSPS) is 22.2. The van der Waals surface area contributed by atoms with E-state index >= 15 is 0 Å². The van der Waals surface area contributed by atoms with Crippen LogP contribution in [-0.4, -0.2) is 50.8 Å². The standard InChI is InChI=1S/C12H16N4O3/c1-15(2)5-9(12(18)19)11(17)8-4-7(8)10-6-16(3)14-13-10/h5-8H,4H2,1-3H3,(H,18,19). The number of aromatic nitrogens is 3. The minimum absolute atomic E-state index is 0.00823. The van der Waals surface area contributed by atoms with Crippen LogP contribution in [0.5, 0.6) is 0 Å². The Labute approximate surface area is 110 Å². The zero-order chi connectivity index (χ0) is 14.2. The summed E-state index contributed by atoms with van der Waals surface area (Å²) >= 11 is 0. The summed E-state index contributed by atoms with van der Waals surface area (Å²) in [5, 5.41) is 16.9. The van der Waals surface area contributed by atoms with Crippen LogP contribution in [0.2, 0.25) is 0 Å². The molecule has 1 aliphatic carbocycles. The SMILES string of the molecule is CN(C)C=C(C(=O)O)C(=O)C1CC1c1cn(C)nn1. The van der Waals surface area contributed by atoms with E-state index in [9.17, 15) is 9.59 Å². The van der Waals surface area contributed by atoms with Gasteiger partial charge >= 0.3 is 5.97 Å². The number of hydrogen-bond acceptors (Lipinski definition) is 5. The smallest absolute Gasteiger partial charge is 0.340 e. The highest BCUT2D eigenvalue weighted by molar-refractivity contribution is 6.18. The molecule has 102 valence electrons. The molecule has 0 amide bonds. The molecule has 19 heavy (non-hydrogen) atoms. The van der Waals surface area contributed by atoms with Crippen LogP contribution in [0.1, 0.15) is 18.0 Å². The molecule has 1 aromatic heterocycles. The first-order valence-corrected chi connectivity index (χ1v) is 5.92. The summed E-state index contributed by atoms with van der Waals surface area (Å²) < 4.78 is 1.57. The van der Waals surface area contributed by atoms with E-state index in [1.165, 1.54) is 6.20 Å². The number of aryl methyl sites for hydroxylation is 1. The molecular formula is C12H16N4O3. The number of Topliss-reactive ketones (excluding diaryl/α,β-unsaturated/α-hetero) is 1. The van der Waals surface area contributed by atoms with Gasteiger partial charge in [-0.15, -0.1) is 5.10 Å². The van der Waals surface area contributed by atoms with Gasteiger partial charge in [0.1, 0.15) is 5.57 Å². The Kier molecular flexibility index (Phi) is 3.37. The molecule has 0 radical (unpaired) electrons. The summed E-state index contributed by atoms with van der Waals surface area (Å²) in [6.07, 6.45) is 3.74. The van der Waals surface area contributed by atoms with Crippen LogP contribution in [0.4, 0.5) is 0 Å². The van der Waals surface area contributed by atoms with Crippen LogP contribution in [0.3, 0.4) is 0 Å². The van der Waals surface area contributed by atoms with E-state index in [0.29, 0.717) is 6.42 Å². The van der Waals surface area contributed by atoms with Gasteiger partial charge in [0.2, 0.25) is 0 Å². The number of rotatable bonds is 5. The van der Waals surface area contributed by atoms with Crippen molar-refractivity contribution in [1.82, 2.24) is 19.9 Å². The second-order valence-electron chi connectivity index (χ2n) is 4.94. The lowest BCUT2D eigenvalue weighted by Gasteiger charge is -2.07. The average molecular weight is 264 g/mol. The van der Waals surface area contributed by atoms with Gasteiger partial charge in [-0.3, -0.25) is 9.48 Å². The van der Waals surface area contributed by atoms with Gasteiger partial charge in [0.15, 0.2) is 5.78 Å². The third-order valence-electron chi connectivity index (χ3n) is 3.01. The first-order chi connectivity index (χ1) is 8.90. The van der Waals surface area contributed by atoms with E-state index < -0.39 is 5.97 Å². The lowest BCUT2D eigenvalue weighted by Crippen LogP contribution is -2.18. The number of ketones is 1. The van der Waals surface area contributed by atoms with E-state index in [0.717, 1.165) is 5.69 Å². The van der Waals surface area contributed by atoms with Gasteiger partial charge in [-0.05, 0) is 6.42 Å². The Balaban J connectivity index is 2.11. The van der Waals surface area contributed by atoms with Crippen molar-refractivity contribution < 1.29 is 14.7 Å². The Bertz CT molecular complexity index is 547. The highest BCUT2D eigenvalue weighted by atomic mass is 16.4. The van der Waals surface area contributed by atoms with Crippen LogP contribution >= 0.6 is 0 Å². The molecule has 0 aliphatic heterocycles. The predicted octanol–water partition coefficient (Wildman–Crippen LogP) is 0.0178. The van der Waals surface area contributed by atoms with Gasteiger partial charge in [-0.25, -0.2) is 4.79 Å². The van der Waals surface area contributed by atoms with E-state index in [2.05, 4.69) is 10.3 Å². The number of carbonyl (C=O) groups is 2. The largest absolute Gasteiger partial charge is 0.478 e. The minimum Gasteiger partial charge on any atom is -0.478 e. The molecule has 0 bridgehead atoms. The molecule has 1 fully saturated rings. The number of aliphatic carboxylic acids is 1. The van der Waals surface area contributed by atoms with Crippen molar-refractivity contribution in [2.24, 2.45) is 13.0 Å². The molecule has 0 spiro atoms. The van der Waals surface area contributed by atoms with E-state index in [-0.39, 0.29) is 23.2 Å². The molecule has 1 aromatic rings. The molecule has 1 N–H and O–H groups in total. The Morgan fingerprint density at radius 1 is 1.53 bits per heavy atom. The Hall–Kier alpha value is -2.18. The van der Waals surface area contributed by atoms with Gasteiger partial charge in [0.05, 0.1) is 5.69 Å². The topological polar surface area (TPSA) is 88.3 Å². The molecule has 2 rings (SSSR count). The molecule has 2 atom stereocenters. The van der Waals surface area contributed by atoms with Crippen LogP contribution in [0, 0.1) is 5.92 Å². The number of hydrogen-bond donors (Lipinski definition) is 1. The quantitative estimate of drug-likeness (QED) is 0.458. The summed E-state index contributed by atoms with van der Waals surface area (Å²) in [6.45, 7) is 0. The number of carboxylic acids is 1. The average Bonchev–Trinajstić information content (AvgIpc) is 3.01. The first-order valence-electron chi connectivity index (χ1n) is 5.92. The molecule has 7 heteroatoms. The van der Waals surface area contributed by atoms with Crippen molar-refractivity contribution in [3.63, 3.8) is 0 Å². The summed E-state index contributed by atoms with van der Waals surface area (Å²) in [6, 6.07) is 0. The second-order valence-corrected chi connectivity index (χ2v) is 4.94. The fraction of sp³-hybridized carbons (Fsp3) is 0.500. The Morgan fingerprint density at radius 3 is 2.68 bits per heavy atom. The lowest BCUT2D eigenvalue weighted by atomic mass is 10.1. The first kappa shape index (κ1) is 13.3. The van der Waals surface area contributed by atoms with Crippen molar-refractivity contribution in [1.29, 1.82) is 0 Å². The molecule has 1 heterocycles. The highest BCUT2D eigenvalue weighted by Gasteiger charge is 2.47. The molecule has 1 saturated carbocycles. The molecule has 1 aliphatic rings. The van der Waals surface area contributed by atoms with Crippen molar-refractivity contribution >= 4 is 11.8 Å². The maximum Gasteiger partial charge on any atom is 0.340 e. The fourth-order valence-corrected chi connectivity index (χ4v) is 2.03. The monoisotopic (exact) mass is 264 g/mol. The van der Waals surface area contributed by atoms with Gasteiger partial charge in [0, 0.05) is 45.4 Å². The van der Waals surface area contributed by atoms with Gasteiger partial charge in [-0.1, -0.05) is 5.21 Å². The number of nitrogens with zero attached hydrogens (tertiary/aromatic N) is 4. The summed E-state index contributed by atoms with van der Waals surface area (Å²) in [7, 11) is 5.12. The van der Waals surface area contributed by atoms with Crippen molar-refractivity contribution in [2.45, 2.75) is 12.3 Å².